The van der Waals surface area contributed by atoms with E-state index >= 15 is 0 Å². The van der Waals surface area contributed by atoms with Crippen LogP contribution in [0.4, 0.5) is 0 Å². The van der Waals surface area contributed by atoms with Gasteiger partial charge >= 0.3 is 0 Å². The maximum absolute atomic E-state index is 11.9. The van der Waals surface area contributed by atoms with Crippen LogP contribution in [0, 0.1) is 6.92 Å². The molecule has 0 radical (unpaired) electrons. The molecule has 1 aromatic carbocycles. The van der Waals surface area contributed by atoms with Crippen molar-refractivity contribution >= 4 is 30.7 Å². The molecule has 0 bridgehead atoms. The van der Waals surface area contributed by atoms with E-state index in [-0.39, 0.29) is 30.7 Å². The van der Waals surface area contributed by atoms with E-state index in [2.05, 4.69) is 17.1 Å². The van der Waals surface area contributed by atoms with E-state index in [1.807, 2.05) is 45.3 Å². The smallest absolute Gasteiger partial charge is 0.241 e. The molecule has 2 atom stereocenters. The molecule has 1 rings (SSSR count). The first-order chi connectivity index (χ1) is 8.41. The van der Waals surface area contributed by atoms with E-state index in [0.29, 0.717) is 12.6 Å². The van der Waals surface area contributed by atoms with Gasteiger partial charge in [0.25, 0.3) is 0 Å². The first-order valence-electron chi connectivity index (χ1n) is 6.18. The van der Waals surface area contributed by atoms with Gasteiger partial charge in [-0.3, -0.25) is 4.79 Å². The van der Waals surface area contributed by atoms with Crippen molar-refractivity contribution in [2.45, 2.75) is 25.9 Å². The standard InChI is InChI=1S/C14H23N3O.2ClH/c1-10-5-7-12(8-6-10)13(15)14(18)16-9-11(2)17(3)4;;/h5-8,11,13H,9,15H2,1-4H3,(H,16,18);2*1H. The number of amides is 1. The van der Waals surface area contributed by atoms with E-state index < -0.39 is 6.04 Å². The number of halogens is 2. The lowest BCUT2D eigenvalue weighted by molar-refractivity contribution is -0.122. The Morgan fingerprint density at radius 3 is 2.20 bits per heavy atom. The Morgan fingerprint density at radius 2 is 1.75 bits per heavy atom. The molecule has 0 spiro atoms. The van der Waals surface area contributed by atoms with Crippen LogP contribution in [-0.2, 0) is 4.79 Å². The van der Waals surface area contributed by atoms with Crippen LogP contribution in [-0.4, -0.2) is 37.5 Å². The number of carbonyl (C=O) groups is 1. The number of carbonyl (C=O) groups excluding carboxylic acids is 1. The van der Waals surface area contributed by atoms with Crippen molar-refractivity contribution in [1.29, 1.82) is 0 Å². The highest BCUT2D eigenvalue weighted by atomic mass is 35.5. The summed E-state index contributed by atoms with van der Waals surface area (Å²) in [6.07, 6.45) is 0. The SMILES string of the molecule is Cc1ccc(C(N)C(=O)NCC(C)N(C)C)cc1.Cl.Cl. The van der Waals surface area contributed by atoms with Crippen LogP contribution in [0.2, 0.25) is 0 Å². The molecular formula is C14H25Cl2N3O. The third kappa shape index (κ3) is 6.57. The average Bonchev–Trinajstić information content (AvgIpc) is 2.35. The highest BCUT2D eigenvalue weighted by Crippen LogP contribution is 2.11. The molecule has 0 aromatic heterocycles. The molecular weight excluding hydrogens is 297 g/mol. The molecule has 1 amide bonds. The minimum Gasteiger partial charge on any atom is -0.353 e. The molecule has 0 aliphatic carbocycles. The predicted octanol–water partition coefficient (Wildman–Crippen LogP) is 1.90. The minimum absolute atomic E-state index is 0. The number of nitrogens with two attached hydrogens (primary N) is 1. The second kappa shape index (κ2) is 10.00. The van der Waals surface area contributed by atoms with Gasteiger partial charge in [0.1, 0.15) is 6.04 Å². The lowest BCUT2D eigenvalue weighted by Gasteiger charge is -2.21. The summed E-state index contributed by atoms with van der Waals surface area (Å²) >= 11 is 0. The van der Waals surface area contributed by atoms with Gasteiger partial charge in [-0.1, -0.05) is 29.8 Å². The molecule has 0 saturated heterocycles. The Labute approximate surface area is 133 Å². The molecule has 0 aliphatic heterocycles. The number of aryl methyl sites for hydroxylation is 1. The van der Waals surface area contributed by atoms with Gasteiger partial charge in [0, 0.05) is 12.6 Å². The summed E-state index contributed by atoms with van der Waals surface area (Å²) in [4.78, 5) is 14.0. The van der Waals surface area contributed by atoms with Gasteiger partial charge in [0.15, 0.2) is 0 Å². The van der Waals surface area contributed by atoms with Crippen molar-refractivity contribution in [3.05, 3.63) is 35.4 Å². The van der Waals surface area contributed by atoms with E-state index in [0.717, 1.165) is 11.1 Å². The highest BCUT2D eigenvalue weighted by Gasteiger charge is 2.16. The zero-order valence-corrected chi connectivity index (χ0v) is 14.1. The first-order valence-corrected chi connectivity index (χ1v) is 6.18. The summed E-state index contributed by atoms with van der Waals surface area (Å²) in [5.41, 5.74) is 7.93. The van der Waals surface area contributed by atoms with Crippen LogP contribution in [0.3, 0.4) is 0 Å². The van der Waals surface area contributed by atoms with Gasteiger partial charge in [-0.25, -0.2) is 0 Å². The number of hydrogen-bond donors (Lipinski definition) is 2. The number of nitrogens with zero attached hydrogens (tertiary/aromatic N) is 1. The zero-order chi connectivity index (χ0) is 13.7. The van der Waals surface area contributed by atoms with E-state index in [4.69, 9.17) is 5.73 Å². The molecule has 116 valence electrons. The summed E-state index contributed by atoms with van der Waals surface area (Å²) in [5, 5.41) is 2.87. The van der Waals surface area contributed by atoms with Gasteiger partial charge < -0.3 is 16.0 Å². The van der Waals surface area contributed by atoms with E-state index in [1.165, 1.54) is 0 Å². The maximum atomic E-state index is 11.9. The molecule has 3 N–H and O–H groups in total. The van der Waals surface area contributed by atoms with Crippen molar-refractivity contribution in [3.63, 3.8) is 0 Å². The van der Waals surface area contributed by atoms with Crippen molar-refractivity contribution in [2.75, 3.05) is 20.6 Å². The monoisotopic (exact) mass is 321 g/mol. The third-order valence-corrected chi connectivity index (χ3v) is 3.17. The summed E-state index contributed by atoms with van der Waals surface area (Å²) in [5.74, 6) is -0.132. The predicted molar refractivity (Wildman–Crippen MR) is 88.8 cm³/mol. The quantitative estimate of drug-likeness (QED) is 0.870. The number of likely N-dealkylation sites (N-methyl/N-ethyl adjacent to an activating group) is 1. The van der Waals surface area contributed by atoms with Gasteiger partial charge in [-0.05, 0) is 33.5 Å². The summed E-state index contributed by atoms with van der Waals surface area (Å²) in [6.45, 7) is 4.66. The molecule has 2 unspecified atom stereocenters. The fourth-order valence-electron chi connectivity index (χ4n) is 1.47. The Kier molecular flexibility index (Phi) is 10.7. The number of rotatable bonds is 5. The second-order valence-corrected chi connectivity index (χ2v) is 4.95. The normalized spacial score (nSPS) is 12.9. The Hall–Kier alpha value is -0.810. The average molecular weight is 322 g/mol. The van der Waals surface area contributed by atoms with Crippen molar-refractivity contribution in [2.24, 2.45) is 5.73 Å². The molecule has 4 nitrogen and oxygen atoms in total. The van der Waals surface area contributed by atoms with Crippen LogP contribution in [0.5, 0.6) is 0 Å². The largest absolute Gasteiger partial charge is 0.353 e. The molecule has 0 heterocycles. The molecule has 0 saturated carbocycles. The van der Waals surface area contributed by atoms with Crippen molar-refractivity contribution in [3.8, 4) is 0 Å². The van der Waals surface area contributed by atoms with Crippen LogP contribution in [0.1, 0.15) is 24.1 Å². The van der Waals surface area contributed by atoms with Crippen LogP contribution in [0.25, 0.3) is 0 Å². The number of hydrogen-bond acceptors (Lipinski definition) is 3. The Morgan fingerprint density at radius 1 is 1.25 bits per heavy atom. The molecule has 20 heavy (non-hydrogen) atoms. The molecule has 0 fully saturated rings. The highest BCUT2D eigenvalue weighted by molar-refractivity contribution is 5.85. The van der Waals surface area contributed by atoms with E-state index in [9.17, 15) is 4.79 Å². The van der Waals surface area contributed by atoms with Gasteiger partial charge in [0.2, 0.25) is 5.91 Å². The van der Waals surface area contributed by atoms with Gasteiger partial charge in [0.05, 0.1) is 0 Å². The Bertz CT molecular complexity index is 396. The lowest BCUT2D eigenvalue weighted by Crippen LogP contribution is -2.41. The molecule has 1 aromatic rings. The van der Waals surface area contributed by atoms with Crippen LogP contribution in [0.15, 0.2) is 24.3 Å². The fraction of sp³-hybridized carbons (Fsp3) is 0.500. The van der Waals surface area contributed by atoms with Gasteiger partial charge in [-0.15, -0.1) is 24.8 Å². The fourth-order valence-corrected chi connectivity index (χ4v) is 1.47. The molecule has 6 heteroatoms. The van der Waals surface area contributed by atoms with Gasteiger partial charge in [-0.2, -0.15) is 0 Å². The topological polar surface area (TPSA) is 58.4 Å². The zero-order valence-electron chi connectivity index (χ0n) is 12.4. The summed E-state index contributed by atoms with van der Waals surface area (Å²) in [6, 6.07) is 7.42. The second-order valence-electron chi connectivity index (χ2n) is 4.95. The maximum Gasteiger partial charge on any atom is 0.241 e. The number of nitrogens with one attached hydrogen (secondary N) is 1. The lowest BCUT2D eigenvalue weighted by atomic mass is 10.1. The van der Waals surface area contributed by atoms with E-state index in [1.54, 1.807) is 0 Å². The summed E-state index contributed by atoms with van der Waals surface area (Å²) in [7, 11) is 3.97. The third-order valence-electron chi connectivity index (χ3n) is 3.17. The van der Waals surface area contributed by atoms with Crippen molar-refractivity contribution in [1.82, 2.24) is 10.2 Å². The number of benzene rings is 1. The first kappa shape index (κ1) is 21.5. The minimum atomic E-state index is -0.597. The Balaban J connectivity index is 0. The van der Waals surface area contributed by atoms with Crippen LogP contribution >= 0.6 is 24.8 Å². The van der Waals surface area contributed by atoms with Crippen molar-refractivity contribution < 1.29 is 4.79 Å². The van der Waals surface area contributed by atoms with Crippen LogP contribution < -0.4 is 11.1 Å². The summed E-state index contributed by atoms with van der Waals surface area (Å²) < 4.78 is 0. The molecule has 0 aliphatic rings.